The van der Waals surface area contributed by atoms with Gasteiger partial charge in [-0.15, -0.1) is 10.2 Å². The van der Waals surface area contributed by atoms with Crippen molar-refractivity contribution in [1.82, 2.24) is 15.1 Å². The number of nitrogens with zero attached hydrogens (tertiary/aromatic N) is 4. The first-order valence-electron chi connectivity index (χ1n) is 8.74. The van der Waals surface area contributed by atoms with Gasteiger partial charge in [-0.1, -0.05) is 18.3 Å². The number of rotatable bonds is 3. The van der Waals surface area contributed by atoms with Crippen molar-refractivity contribution in [2.45, 2.75) is 38.6 Å². The lowest BCUT2D eigenvalue weighted by atomic mass is 9.92. The third-order valence-corrected chi connectivity index (χ3v) is 6.77. The van der Waals surface area contributed by atoms with Gasteiger partial charge in [-0.25, -0.2) is 0 Å². The number of hydrogen-bond donors (Lipinski definition) is 1. The maximum atomic E-state index is 12.9. The fraction of sp³-hybridized carbons (Fsp3) is 0.750. The average molecular weight is 349 g/mol. The van der Waals surface area contributed by atoms with E-state index in [-0.39, 0.29) is 30.2 Å². The van der Waals surface area contributed by atoms with E-state index in [0.717, 1.165) is 37.4 Å². The Morgan fingerprint density at radius 3 is 2.58 bits per heavy atom. The van der Waals surface area contributed by atoms with Crippen LogP contribution in [-0.4, -0.2) is 52.6 Å². The molecule has 0 radical (unpaired) electrons. The second-order valence-corrected chi connectivity index (χ2v) is 8.20. The Morgan fingerprint density at radius 2 is 1.96 bits per heavy atom. The quantitative estimate of drug-likeness (QED) is 0.865. The molecule has 1 saturated carbocycles. The van der Waals surface area contributed by atoms with Crippen LogP contribution in [0.2, 0.25) is 0 Å². The zero-order valence-electron chi connectivity index (χ0n) is 13.9. The van der Waals surface area contributed by atoms with Gasteiger partial charge in [0.25, 0.3) is 0 Å². The second-order valence-electron chi connectivity index (χ2n) is 7.16. The summed E-state index contributed by atoms with van der Waals surface area (Å²) in [4.78, 5) is 28.8. The van der Waals surface area contributed by atoms with E-state index in [1.807, 2.05) is 11.8 Å². The molecule has 8 heteroatoms. The van der Waals surface area contributed by atoms with Gasteiger partial charge >= 0.3 is 0 Å². The average Bonchev–Trinajstić information content (AvgIpc) is 3.23. The molecule has 4 atom stereocenters. The smallest absolute Gasteiger partial charge is 0.229 e. The minimum atomic E-state index is -0.264. The predicted molar refractivity (Wildman–Crippen MR) is 90.5 cm³/mol. The molecule has 2 aliphatic heterocycles. The first-order valence-corrected chi connectivity index (χ1v) is 9.55. The molecule has 1 aliphatic carbocycles. The van der Waals surface area contributed by atoms with E-state index in [1.165, 1.54) is 11.3 Å². The van der Waals surface area contributed by atoms with Gasteiger partial charge in [0.05, 0.1) is 5.92 Å². The minimum absolute atomic E-state index is 0.0242. The number of nitrogens with two attached hydrogens (primary N) is 1. The van der Waals surface area contributed by atoms with E-state index in [9.17, 15) is 9.59 Å². The molecule has 0 spiro atoms. The second kappa shape index (κ2) is 6.07. The Kier molecular flexibility index (Phi) is 4.04. The zero-order chi connectivity index (χ0) is 16.8. The molecular formula is C16H23N5O2S. The van der Waals surface area contributed by atoms with Crippen molar-refractivity contribution in [2.75, 3.05) is 24.5 Å². The fourth-order valence-electron chi connectivity index (χ4n) is 4.26. The standard InChI is InChI=1S/C16H23N5O2S/c1-2-12-18-19-16(24-12)21-8-11(5-13(21)22)15(23)20-6-9-3-4-10(7-20)14(9)17/h9-11,14H,2-8,17H2,1H3/t9-,10+,11?,14?. The highest BCUT2D eigenvalue weighted by atomic mass is 32.1. The molecule has 3 aliphatic rings. The molecule has 2 N–H and O–H groups in total. The largest absolute Gasteiger partial charge is 0.342 e. The van der Waals surface area contributed by atoms with Crippen molar-refractivity contribution in [2.24, 2.45) is 23.5 Å². The van der Waals surface area contributed by atoms with Gasteiger partial charge in [-0.05, 0) is 31.1 Å². The number of aromatic nitrogens is 2. The Morgan fingerprint density at radius 1 is 1.25 bits per heavy atom. The Bertz CT molecular complexity index is 649. The Labute approximate surface area is 145 Å². The molecule has 3 heterocycles. The van der Waals surface area contributed by atoms with E-state index < -0.39 is 0 Å². The minimum Gasteiger partial charge on any atom is -0.342 e. The molecule has 7 nitrogen and oxygen atoms in total. The topological polar surface area (TPSA) is 92.4 Å². The van der Waals surface area contributed by atoms with Gasteiger partial charge in [0.15, 0.2) is 0 Å². The van der Waals surface area contributed by atoms with Crippen LogP contribution >= 0.6 is 11.3 Å². The molecule has 2 unspecified atom stereocenters. The number of carbonyl (C=O) groups excluding carboxylic acids is 2. The molecule has 3 fully saturated rings. The van der Waals surface area contributed by atoms with E-state index in [1.54, 1.807) is 4.90 Å². The molecule has 2 bridgehead atoms. The summed E-state index contributed by atoms with van der Waals surface area (Å²) in [5.74, 6) is 0.672. The summed E-state index contributed by atoms with van der Waals surface area (Å²) in [6, 6.07) is 0.240. The summed E-state index contributed by atoms with van der Waals surface area (Å²) < 4.78 is 0. The molecule has 4 rings (SSSR count). The Hall–Kier alpha value is -1.54. The van der Waals surface area contributed by atoms with Crippen LogP contribution in [0.3, 0.4) is 0 Å². The normalized spacial score (nSPS) is 32.7. The van der Waals surface area contributed by atoms with Crippen LogP contribution in [0.4, 0.5) is 5.13 Å². The van der Waals surface area contributed by atoms with E-state index in [2.05, 4.69) is 10.2 Å². The predicted octanol–water partition coefficient (Wildman–Crippen LogP) is 0.649. The summed E-state index contributed by atoms with van der Waals surface area (Å²) in [5.41, 5.74) is 6.22. The van der Waals surface area contributed by atoms with Gasteiger partial charge in [0, 0.05) is 32.1 Å². The van der Waals surface area contributed by atoms with Crippen molar-refractivity contribution in [3.05, 3.63) is 5.01 Å². The molecule has 1 aromatic heterocycles. The summed E-state index contributed by atoms with van der Waals surface area (Å²) in [6.07, 6.45) is 3.32. The van der Waals surface area contributed by atoms with Crippen molar-refractivity contribution < 1.29 is 9.59 Å². The SMILES string of the molecule is CCc1nnc(N2CC(C(=O)N3C[C@H]4CC[C@@H](C3)C4N)CC2=O)s1. The summed E-state index contributed by atoms with van der Waals surface area (Å²) in [7, 11) is 0. The van der Waals surface area contributed by atoms with Crippen molar-refractivity contribution in [3.63, 3.8) is 0 Å². The van der Waals surface area contributed by atoms with Crippen LogP contribution < -0.4 is 10.6 Å². The number of piperidine rings is 1. The van der Waals surface area contributed by atoms with Crippen LogP contribution in [0.25, 0.3) is 0 Å². The molecular weight excluding hydrogens is 326 g/mol. The summed E-state index contributed by atoms with van der Waals surface area (Å²) >= 11 is 1.44. The number of amides is 2. The van der Waals surface area contributed by atoms with Gasteiger partial charge in [0.1, 0.15) is 5.01 Å². The van der Waals surface area contributed by atoms with Crippen molar-refractivity contribution in [1.29, 1.82) is 0 Å². The van der Waals surface area contributed by atoms with Crippen molar-refractivity contribution >= 4 is 28.3 Å². The monoisotopic (exact) mass is 349 g/mol. The van der Waals surface area contributed by atoms with Crippen LogP contribution in [-0.2, 0) is 16.0 Å². The first kappa shape index (κ1) is 16.0. The highest BCUT2D eigenvalue weighted by Gasteiger charge is 2.44. The fourth-order valence-corrected chi connectivity index (χ4v) is 5.06. The molecule has 2 amide bonds. The maximum Gasteiger partial charge on any atom is 0.229 e. The summed E-state index contributed by atoms with van der Waals surface area (Å²) in [5, 5.41) is 9.71. The van der Waals surface area contributed by atoms with Crippen LogP contribution in [0.15, 0.2) is 0 Å². The van der Waals surface area contributed by atoms with Crippen LogP contribution in [0, 0.1) is 17.8 Å². The lowest BCUT2D eigenvalue weighted by Crippen LogP contribution is -2.52. The highest BCUT2D eigenvalue weighted by molar-refractivity contribution is 7.15. The molecule has 1 aromatic rings. The van der Waals surface area contributed by atoms with Gasteiger partial charge < -0.3 is 10.6 Å². The van der Waals surface area contributed by atoms with Crippen molar-refractivity contribution in [3.8, 4) is 0 Å². The molecule has 130 valence electrons. The first-order chi connectivity index (χ1) is 11.6. The number of anilines is 1. The van der Waals surface area contributed by atoms with Gasteiger partial charge in [-0.2, -0.15) is 0 Å². The van der Waals surface area contributed by atoms with E-state index >= 15 is 0 Å². The molecule has 24 heavy (non-hydrogen) atoms. The maximum absolute atomic E-state index is 12.9. The number of fused-ring (bicyclic) bond motifs is 2. The lowest BCUT2D eigenvalue weighted by Gasteiger charge is -2.37. The van der Waals surface area contributed by atoms with E-state index in [4.69, 9.17) is 5.73 Å². The zero-order valence-corrected chi connectivity index (χ0v) is 14.7. The lowest BCUT2D eigenvalue weighted by molar-refractivity contribution is -0.138. The third-order valence-electron chi connectivity index (χ3n) is 5.68. The van der Waals surface area contributed by atoms with E-state index in [0.29, 0.717) is 23.5 Å². The third kappa shape index (κ3) is 2.61. The summed E-state index contributed by atoms with van der Waals surface area (Å²) in [6.45, 7) is 3.94. The number of aryl methyl sites for hydroxylation is 1. The molecule has 2 saturated heterocycles. The number of carbonyl (C=O) groups is 2. The number of likely N-dealkylation sites (tertiary alicyclic amines) is 1. The van der Waals surface area contributed by atoms with Gasteiger partial charge in [-0.3, -0.25) is 14.5 Å². The van der Waals surface area contributed by atoms with Crippen LogP contribution in [0.5, 0.6) is 0 Å². The van der Waals surface area contributed by atoms with Gasteiger partial charge in [0.2, 0.25) is 16.9 Å². The Balaban J connectivity index is 1.44. The number of hydrogen-bond acceptors (Lipinski definition) is 6. The molecule has 0 aromatic carbocycles. The van der Waals surface area contributed by atoms with Crippen LogP contribution in [0.1, 0.15) is 31.2 Å². The highest BCUT2D eigenvalue weighted by Crippen LogP contribution is 2.37.